The van der Waals surface area contributed by atoms with Gasteiger partial charge in [-0.3, -0.25) is 4.72 Å². The van der Waals surface area contributed by atoms with Crippen LogP contribution in [0.25, 0.3) is 5.69 Å². The number of hydrogen-bond acceptors (Lipinski definition) is 3. The van der Waals surface area contributed by atoms with E-state index >= 15 is 0 Å². The summed E-state index contributed by atoms with van der Waals surface area (Å²) in [5, 5.41) is 4.26. The molecule has 130 valence electrons. The normalized spacial score (nSPS) is 11.5. The fourth-order valence-electron chi connectivity index (χ4n) is 2.61. The lowest BCUT2D eigenvalue weighted by Crippen LogP contribution is -2.16. The lowest BCUT2D eigenvalue weighted by Gasteiger charge is -2.10. The van der Waals surface area contributed by atoms with E-state index in [-0.39, 0.29) is 10.6 Å². The summed E-state index contributed by atoms with van der Waals surface area (Å²) in [4.78, 5) is -0.0694. The van der Waals surface area contributed by atoms with Crippen LogP contribution in [0.2, 0.25) is 0 Å². The van der Waals surface area contributed by atoms with Crippen LogP contribution in [0.5, 0.6) is 0 Å². The SMILES string of the molecule is Cc1nn(-c2ccccc2)c(C)c1S(=O)(=O)Nc1cc(F)ccc1F. The molecule has 0 saturated carbocycles. The lowest BCUT2D eigenvalue weighted by atomic mass is 10.3. The van der Waals surface area contributed by atoms with Gasteiger partial charge in [0.25, 0.3) is 10.0 Å². The van der Waals surface area contributed by atoms with Gasteiger partial charge in [-0.05, 0) is 38.1 Å². The van der Waals surface area contributed by atoms with E-state index in [9.17, 15) is 17.2 Å². The van der Waals surface area contributed by atoms with Crippen molar-refractivity contribution in [1.29, 1.82) is 0 Å². The van der Waals surface area contributed by atoms with E-state index in [2.05, 4.69) is 9.82 Å². The summed E-state index contributed by atoms with van der Waals surface area (Å²) in [6, 6.07) is 11.6. The number of nitrogens with one attached hydrogen (secondary N) is 1. The van der Waals surface area contributed by atoms with Crippen LogP contribution in [-0.4, -0.2) is 18.2 Å². The molecule has 1 heterocycles. The van der Waals surface area contributed by atoms with Gasteiger partial charge in [0.2, 0.25) is 0 Å². The molecular weight excluding hydrogens is 348 g/mol. The zero-order valence-corrected chi connectivity index (χ0v) is 14.3. The van der Waals surface area contributed by atoms with Gasteiger partial charge in [0.15, 0.2) is 0 Å². The fraction of sp³-hybridized carbons (Fsp3) is 0.118. The van der Waals surface area contributed by atoms with E-state index in [0.717, 1.165) is 18.2 Å². The van der Waals surface area contributed by atoms with Crippen LogP contribution in [0, 0.1) is 25.5 Å². The van der Waals surface area contributed by atoms with E-state index in [0.29, 0.717) is 11.4 Å². The van der Waals surface area contributed by atoms with Gasteiger partial charge >= 0.3 is 0 Å². The van der Waals surface area contributed by atoms with Gasteiger partial charge in [0, 0.05) is 6.07 Å². The van der Waals surface area contributed by atoms with Crippen molar-refractivity contribution in [2.45, 2.75) is 18.7 Å². The number of aryl methyl sites for hydroxylation is 1. The average molecular weight is 363 g/mol. The van der Waals surface area contributed by atoms with E-state index < -0.39 is 27.3 Å². The second kappa shape index (κ2) is 6.29. The zero-order valence-electron chi connectivity index (χ0n) is 13.5. The highest BCUT2D eigenvalue weighted by atomic mass is 32.2. The summed E-state index contributed by atoms with van der Waals surface area (Å²) in [7, 11) is -4.14. The van der Waals surface area contributed by atoms with Crippen molar-refractivity contribution < 1.29 is 17.2 Å². The molecule has 1 N–H and O–H groups in total. The fourth-order valence-corrected chi connectivity index (χ4v) is 4.06. The maximum absolute atomic E-state index is 13.8. The number of hydrogen-bond donors (Lipinski definition) is 1. The summed E-state index contributed by atoms with van der Waals surface area (Å²) < 4.78 is 56.0. The van der Waals surface area contributed by atoms with Crippen molar-refractivity contribution >= 4 is 15.7 Å². The first-order valence-corrected chi connectivity index (χ1v) is 8.87. The first kappa shape index (κ1) is 17.1. The van der Waals surface area contributed by atoms with Crippen LogP contribution >= 0.6 is 0 Å². The minimum Gasteiger partial charge on any atom is -0.276 e. The molecule has 0 aliphatic heterocycles. The van der Waals surface area contributed by atoms with Crippen molar-refractivity contribution in [2.24, 2.45) is 0 Å². The van der Waals surface area contributed by atoms with Gasteiger partial charge in [-0.25, -0.2) is 21.9 Å². The largest absolute Gasteiger partial charge is 0.276 e. The third kappa shape index (κ3) is 3.25. The molecule has 0 amide bonds. The molecule has 8 heteroatoms. The number of benzene rings is 2. The smallest absolute Gasteiger partial charge is 0.265 e. The number of rotatable bonds is 4. The van der Waals surface area contributed by atoms with Crippen LogP contribution in [0.15, 0.2) is 53.4 Å². The summed E-state index contributed by atoms with van der Waals surface area (Å²) in [6.45, 7) is 3.15. The number of para-hydroxylation sites is 1. The van der Waals surface area contributed by atoms with Crippen LogP contribution in [0.1, 0.15) is 11.4 Å². The lowest BCUT2D eigenvalue weighted by molar-refractivity contribution is 0.593. The third-order valence-corrected chi connectivity index (χ3v) is 5.28. The molecule has 0 saturated heterocycles. The highest BCUT2D eigenvalue weighted by Gasteiger charge is 2.26. The predicted molar refractivity (Wildman–Crippen MR) is 90.2 cm³/mol. The molecule has 5 nitrogen and oxygen atoms in total. The molecule has 3 aromatic rings. The number of aromatic nitrogens is 2. The zero-order chi connectivity index (χ0) is 18.2. The molecule has 3 rings (SSSR count). The molecule has 0 spiro atoms. The molecule has 0 aliphatic rings. The van der Waals surface area contributed by atoms with Crippen molar-refractivity contribution in [3.05, 3.63) is 71.6 Å². The van der Waals surface area contributed by atoms with E-state index in [1.165, 1.54) is 4.68 Å². The van der Waals surface area contributed by atoms with E-state index in [4.69, 9.17) is 0 Å². The minimum atomic E-state index is -4.14. The molecular formula is C17H15F2N3O2S. The Kier molecular flexibility index (Phi) is 4.30. The topological polar surface area (TPSA) is 64.0 Å². The highest BCUT2D eigenvalue weighted by molar-refractivity contribution is 7.92. The quantitative estimate of drug-likeness (QED) is 0.771. The molecule has 0 aliphatic carbocycles. The van der Waals surface area contributed by atoms with Gasteiger partial charge in [0.05, 0.1) is 22.8 Å². The van der Waals surface area contributed by atoms with Crippen LogP contribution < -0.4 is 4.72 Å². The third-order valence-electron chi connectivity index (χ3n) is 3.67. The van der Waals surface area contributed by atoms with Gasteiger partial charge in [-0.2, -0.15) is 5.10 Å². The van der Waals surface area contributed by atoms with E-state index in [1.54, 1.807) is 38.1 Å². The Morgan fingerprint density at radius 2 is 1.72 bits per heavy atom. The maximum atomic E-state index is 13.8. The van der Waals surface area contributed by atoms with E-state index in [1.807, 2.05) is 6.07 Å². The van der Waals surface area contributed by atoms with Crippen molar-refractivity contribution in [3.8, 4) is 5.69 Å². The van der Waals surface area contributed by atoms with Gasteiger partial charge < -0.3 is 0 Å². The number of sulfonamides is 1. The molecule has 1 aromatic heterocycles. The van der Waals surface area contributed by atoms with Gasteiger partial charge in [-0.15, -0.1) is 0 Å². The molecule has 2 aromatic carbocycles. The molecule has 0 unspecified atom stereocenters. The monoisotopic (exact) mass is 363 g/mol. The number of nitrogens with zero attached hydrogens (tertiary/aromatic N) is 2. The molecule has 0 atom stereocenters. The van der Waals surface area contributed by atoms with Crippen LogP contribution in [-0.2, 0) is 10.0 Å². The first-order chi connectivity index (χ1) is 11.8. The maximum Gasteiger partial charge on any atom is 0.265 e. The van der Waals surface area contributed by atoms with Crippen LogP contribution in [0.3, 0.4) is 0 Å². The van der Waals surface area contributed by atoms with Crippen molar-refractivity contribution in [1.82, 2.24) is 9.78 Å². The predicted octanol–water partition coefficient (Wildman–Crippen LogP) is 3.57. The molecule has 25 heavy (non-hydrogen) atoms. The molecule has 0 fully saturated rings. The summed E-state index contributed by atoms with van der Waals surface area (Å²) in [6.07, 6.45) is 0. The highest BCUT2D eigenvalue weighted by Crippen LogP contribution is 2.26. The van der Waals surface area contributed by atoms with Gasteiger partial charge in [-0.1, -0.05) is 18.2 Å². The average Bonchev–Trinajstić information content (AvgIpc) is 2.87. The second-order valence-electron chi connectivity index (χ2n) is 5.48. The standard InChI is InChI=1S/C17H15F2N3O2S/c1-11-17(12(2)22(20-11)14-6-4-3-5-7-14)25(23,24)21-16-10-13(18)8-9-15(16)19/h3-10,21H,1-2H3. The Labute approximate surface area is 144 Å². The Balaban J connectivity index is 2.06. The summed E-state index contributed by atoms with van der Waals surface area (Å²) >= 11 is 0. The summed E-state index contributed by atoms with van der Waals surface area (Å²) in [5.74, 6) is -1.61. The minimum absolute atomic E-state index is 0.0694. The Morgan fingerprint density at radius 1 is 1.04 bits per heavy atom. The Hall–Kier alpha value is -2.74. The number of halogens is 2. The summed E-state index contributed by atoms with van der Waals surface area (Å²) in [5.41, 5.74) is 0.867. The van der Waals surface area contributed by atoms with Crippen molar-refractivity contribution in [2.75, 3.05) is 4.72 Å². The first-order valence-electron chi connectivity index (χ1n) is 7.39. The molecule has 0 radical (unpaired) electrons. The van der Waals surface area contributed by atoms with Gasteiger partial charge in [0.1, 0.15) is 16.5 Å². The Morgan fingerprint density at radius 3 is 2.40 bits per heavy atom. The van der Waals surface area contributed by atoms with Crippen molar-refractivity contribution in [3.63, 3.8) is 0 Å². The molecule has 0 bridgehead atoms. The second-order valence-corrected chi connectivity index (χ2v) is 7.10. The van der Waals surface area contributed by atoms with Crippen LogP contribution in [0.4, 0.5) is 14.5 Å². The Bertz CT molecular complexity index is 1030. The number of anilines is 1.